The molecule has 8 aromatic rings. The van der Waals surface area contributed by atoms with Gasteiger partial charge in [0, 0.05) is 5.41 Å². The normalized spacial score (nSPS) is 14.9. The van der Waals surface area contributed by atoms with Crippen molar-refractivity contribution in [1.29, 1.82) is 0 Å². The standard InChI is InChI=1S/C51H36/c1-3-34(35-15-6-4-7-16-35)33-50(2,40-20-8-5-9-21-40)41-22-12-19-38(31-41)39-29-30-43-42-23-10-11-24-44(42)51(47(43)32-39)45-25-13-17-36-27-28-37-18-14-26-46(51)49(37)48(36)45/h3-33H,1H2,2H3/b34-33+. The molecule has 0 heterocycles. The highest BCUT2D eigenvalue weighted by molar-refractivity contribution is 6.17. The van der Waals surface area contributed by atoms with Crippen molar-refractivity contribution in [3.63, 3.8) is 0 Å². The molecule has 1 atom stereocenters. The third-order valence-corrected chi connectivity index (χ3v) is 11.7. The molecule has 10 rings (SSSR count). The van der Waals surface area contributed by atoms with E-state index in [0.29, 0.717) is 0 Å². The van der Waals surface area contributed by atoms with Crippen LogP contribution < -0.4 is 0 Å². The summed E-state index contributed by atoms with van der Waals surface area (Å²) in [6.45, 7) is 6.57. The fourth-order valence-corrected chi connectivity index (χ4v) is 9.31. The molecule has 0 saturated carbocycles. The third-order valence-electron chi connectivity index (χ3n) is 11.7. The Morgan fingerprint density at radius 3 is 1.76 bits per heavy atom. The molecule has 0 N–H and O–H groups in total. The van der Waals surface area contributed by atoms with E-state index >= 15 is 0 Å². The van der Waals surface area contributed by atoms with Crippen molar-refractivity contribution in [3.05, 3.63) is 234 Å². The highest BCUT2D eigenvalue weighted by atomic mass is 14.5. The van der Waals surface area contributed by atoms with Crippen LogP contribution in [0.1, 0.15) is 45.9 Å². The van der Waals surface area contributed by atoms with E-state index in [1.807, 2.05) is 6.08 Å². The molecule has 51 heavy (non-hydrogen) atoms. The number of allylic oxidation sites excluding steroid dienone is 3. The molecule has 0 nitrogen and oxygen atoms in total. The van der Waals surface area contributed by atoms with Crippen LogP contribution in [0, 0.1) is 0 Å². The summed E-state index contributed by atoms with van der Waals surface area (Å²) in [4.78, 5) is 0. The average Bonchev–Trinajstić information content (AvgIpc) is 3.68. The molecule has 8 aromatic carbocycles. The van der Waals surface area contributed by atoms with E-state index in [1.54, 1.807) is 0 Å². The van der Waals surface area contributed by atoms with Crippen LogP contribution in [0.3, 0.4) is 0 Å². The average molecular weight is 649 g/mol. The topological polar surface area (TPSA) is 0 Å². The minimum atomic E-state index is -0.400. The summed E-state index contributed by atoms with van der Waals surface area (Å²) in [5.41, 5.74) is 14.6. The van der Waals surface area contributed by atoms with Gasteiger partial charge in [0.25, 0.3) is 0 Å². The zero-order chi connectivity index (χ0) is 34.2. The van der Waals surface area contributed by atoms with Crippen LogP contribution in [0.15, 0.2) is 195 Å². The number of hydrogen-bond acceptors (Lipinski definition) is 0. The van der Waals surface area contributed by atoms with Gasteiger partial charge in [0.05, 0.1) is 5.41 Å². The predicted molar refractivity (Wildman–Crippen MR) is 215 cm³/mol. The second-order valence-electron chi connectivity index (χ2n) is 14.2. The van der Waals surface area contributed by atoms with Crippen molar-refractivity contribution in [1.82, 2.24) is 0 Å². The van der Waals surface area contributed by atoms with E-state index < -0.39 is 5.41 Å². The van der Waals surface area contributed by atoms with Crippen molar-refractivity contribution >= 4 is 27.1 Å². The molecule has 0 heteroatoms. The van der Waals surface area contributed by atoms with Gasteiger partial charge in [-0.2, -0.15) is 0 Å². The second-order valence-corrected chi connectivity index (χ2v) is 14.2. The fourth-order valence-electron chi connectivity index (χ4n) is 9.31. The molecule has 2 aliphatic rings. The molecule has 0 aliphatic heterocycles. The van der Waals surface area contributed by atoms with Crippen molar-refractivity contribution in [2.75, 3.05) is 0 Å². The number of hydrogen-bond donors (Lipinski definition) is 0. The van der Waals surface area contributed by atoms with Crippen molar-refractivity contribution in [3.8, 4) is 22.3 Å². The zero-order valence-electron chi connectivity index (χ0n) is 28.6. The van der Waals surface area contributed by atoms with Gasteiger partial charge in [-0.1, -0.05) is 183 Å². The van der Waals surface area contributed by atoms with Gasteiger partial charge in [-0.3, -0.25) is 0 Å². The van der Waals surface area contributed by atoms with Gasteiger partial charge >= 0.3 is 0 Å². The predicted octanol–water partition coefficient (Wildman–Crippen LogP) is 12.9. The molecule has 0 radical (unpaired) electrons. The molecule has 0 bridgehead atoms. The quantitative estimate of drug-likeness (QED) is 0.124. The van der Waals surface area contributed by atoms with Crippen LogP contribution in [-0.2, 0) is 10.8 Å². The fraction of sp³-hybridized carbons (Fsp3) is 0.0588. The first-order valence-electron chi connectivity index (χ1n) is 17.9. The van der Waals surface area contributed by atoms with E-state index in [1.165, 1.54) is 77.2 Å². The minimum Gasteiger partial charge on any atom is -0.0985 e. The monoisotopic (exact) mass is 648 g/mol. The smallest absolute Gasteiger partial charge is 0.0726 e. The zero-order valence-corrected chi connectivity index (χ0v) is 28.6. The number of fused-ring (bicyclic) bond motifs is 7. The van der Waals surface area contributed by atoms with Gasteiger partial charge < -0.3 is 0 Å². The highest BCUT2D eigenvalue weighted by Gasteiger charge is 2.50. The largest absolute Gasteiger partial charge is 0.0985 e. The first-order valence-corrected chi connectivity index (χ1v) is 17.9. The van der Waals surface area contributed by atoms with E-state index in [2.05, 4.69) is 196 Å². The number of benzene rings is 8. The second kappa shape index (κ2) is 11.1. The Bertz CT molecular complexity index is 2650. The molecule has 1 unspecified atom stereocenters. The minimum absolute atomic E-state index is 0.377. The Kier molecular flexibility index (Phi) is 6.48. The summed E-state index contributed by atoms with van der Waals surface area (Å²) in [6.07, 6.45) is 4.37. The van der Waals surface area contributed by atoms with Gasteiger partial charge in [-0.15, -0.1) is 0 Å². The van der Waals surface area contributed by atoms with E-state index in [9.17, 15) is 0 Å². The maximum atomic E-state index is 4.23. The lowest BCUT2D eigenvalue weighted by atomic mass is 9.69. The van der Waals surface area contributed by atoms with Crippen molar-refractivity contribution in [2.45, 2.75) is 17.8 Å². The van der Waals surface area contributed by atoms with Crippen LogP contribution >= 0.6 is 0 Å². The Morgan fingerprint density at radius 1 is 0.490 bits per heavy atom. The summed E-state index contributed by atoms with van der Waals surface area (Å²) in [6, 6.07) is 65.2. The Hall–Kier alpha value is -6.24. The molecule has 2 aliphatic carbocycles. The Balaban J connectivity index is 1.19. The Morgan fingerprint density at radius 2 is 1.06 bits per heavy atom. The van der Waals surface area contributed by atoms with Gasteiger partial charge in [0.15, 0.2) is 0 Å². The first kappa shape index (κ1) is 29.7. The van der Waals surface area contributed by atoms with Gasteiger partial charge in [-0.25, -0.2) is 0 Å². The SMILES string of the molecule is C=C/C(=C\C(C)(c1ccccc1)c1cccc(-c2ccc3c(c2)C2(c4ccccc4-3)c3cccc4ccc5cccc2c5c34)c1)c1ccccc1. The summed E-state index contributed by atoms with van der Waals surface area (Å²) in [5, 5.41) is 5.40. The molecule has 0 saturated heterocycles. The summed E-state index contributed by atoms with van der Waals surface area (Å²) < 4.78 is 0. The summed E-state index contributed by atoms with van der Waals surface area (Å²) in [5.74, 6) is 0. The molecule has 0 aromatic heterocycles. The lowest BCUT2D eigenvalue weighted by Gasteiger charge is -2.31. The van der Waals surface area contributed by atoms with Crippen molar-refractivity contribution < 1.29 is 0 Å². The lowest BCUT2D eigenvalue weighted by Crippen LogP contribution is -2.26. The summed E-state index contributed by atoms with van der Waals surface area (Å²) in [7, 11) is 0. The third kappa shape index (κ3) is 4.14. The molecular formula is C51H36. The van der Waals surface area contributed by atoms with Crippen LogP contribution in [0.4, 0.5) is 0 Å². The Labute approximate surface area is 299 Å². The van der Waals surface area contributed by atoms with Crippen LogP contribution in [-0.4, -0.2) is 0 Å². The molecule has 1 spiro atoms. The number of rotatable bonds is 6. The van der Waals surface area contributed by atoms with Gasteiger partial charge in [0.2, 0.25) is 0 Å². The van der Waals surface area contributed by atoms with Gasteiger partial charge in [0.1, 0.15) is 0 Å². The van der Waals surface area contributed by atoms with E-state index in [-0.39, 0.29) is 5.41 Å². The highest BCUT2D eigenvalue weighted by Crippen LogP contribution is 2.62. The molecule has 240 valence electrons. The molecule has 0 fully saturated rings. The van der Waals surface area contributed by atoms with Gasteiger partial charge in [-0.05, 0) is 107 Å². The maximum absolute atomic E-state index is 4.23. The van der Waals surface area contributed by atoms with Crippen LogP contribution in [0.2, 0.25) is 0 Å². The van der Waals surface area contributed by atoms with Crippen LogP contribution in [0.25, 0.3) is 49.4 Å². The van der Waals surface area contributed by atoms with Crippen molar-refractivity contribution in [2.24, 2.45) is 0 Å². The molecular weight excluding hydrogens is 613 g/mol. The lowest BCUT2D eigenvalue weighted by molar-refractivity contribution is 0.726. The molecule has 0 amide bonds. The van der Waals surface area contributed by atoms with Crippen LogP contribution in [0.5, 0.6) is 0 Å². The van der Waals surface area contributed by atoms with E-state index in [4.69, 9.17) is 0 Å². The maximum Gasteiger partial charge on any atom is 0.0726 e. The summed E-state index contributed by atoms with van der Waals surface area (Å²) >= 11 is 0. The first-order chi connectivity index (χ1) is 25.1. The van der Waals surface area contributed by atoms with E-state index in [0.717, 1.165) is 11.1 Å².